The highest BCUT2D eigenvalue weighted by atomic mass is 31.2. The van der Waals surface area contributed by atoms with Gasteiger partial charge in [-0.25, -0.2) is 9.42 Å². The Morgan fingerprint density at radius 3 is 1.87 bits per heavy atom. The lowest BCUT2D eigenvalue weighted by atomic mass is 10.3. The summed E-state index contributed by atoms with van der Waals surface area (Å²) >= 11 is 0. The van der Waals surface area contributed by atoms with Crippen molar-refractivity contribution in [3.8, 4) is 12.1 Å². The van der Waals surface area contributed by atoms with Crippen molar-refractivity contribution in [2.24, 2.45) is 0 Å². The minimum Gasteiger partial charge on any atom is -0.796 e. The molecule has 0 aromatic carbocycles. The Labute approximate surface area is 139 Å². The van der Waals surface area contributed by atoms with Gasteiger partial charge in [-0.1, -0.05) is 0 Å². The van der Waals surface area contributed by atoms with Crippen molar-refractivity contribution in [3.05, 3.63) is 0 Å². The van der Waals surface area contributed by atoms with Crippen molar-refractivity contribution in [1.29, 1.82) is 10.5 Å². The van der Waals surface area contributed by atoms with Gasteiger partial charge in [0.25, 0.3) is 0 Å². The largest absolute Gasteiger partial charge is 0.796 e. The van der Waals surface area contributed by atoms with Gasteiger partial charge >= 0.3 is 0 Å². The van der Waals surface area contributed by atoms with Crippen LogP contribution in [0.4, 0.5) is 0 Å². The highest BCUT2D eigenvalue weighted by Crippen LogP contribution is 2.36. The third-order valence-electron chi connectivity index (χ3n) is 2.13. The second-order valence-corrected chi connectivity index (χ2v) is 7.15. The molecule has 11 heteroatoms. The highest BCUT2D eigenvalue weighted by Gasteiger charge is 2.16. The van der Waals surface area contributed by atoms with E-state index < -0.39 is 16.7 Å². The van der Waals surface area contributed by atoms with E-state index in [0.29, 0.717) is 0 Å². The maximum atomic E-state index is 11.6. The second-order valence-electron chi connectivity index (χ2n) is 4.76. The van der Waals surface area contributed by atoms with Crippen molar-refractivity contribution < 1.29 is 28.6 Å². The molecule has 0 aliphatic heterocycles. The van der Waals surface area contributed by atoms with E-state index in [9.17, 15) is 14.7 Å². The molecule has 0 aliphatic carbocycles. The van der Waals surface area contributed by atoms with Crippen molar-refractivity contribution >= 4 is 16.7 Å². The maximum Gasteiger partial charge on any atom is 0.193 e. The first-order valence-electron chi connectivity index (χ1n) is 6.87. The predicted octanol–water partition coefficient (Wildman–Crippen LogP) is -0.0701. The summed E-state index contributed by atoms with van der Waals surface area (Å²) in [7, 11) is -6.40. The molecule has 0 saturated carbocycles. The van der Waals surface area contributed by atoms with E-state index in [-0.39, 0.29) is 38.1 Å². The Bertz CT molecular complexity index is 370. The van der Waals surface area contributed by atoms with Crippen molar-refractivity contribution in [1.82, 2.24) is 4.67 Å². The van der Waals surface area contributed by atoms with E-state index in [1.807, 2.05) is 33.8 Å². The summed E-state index contributed by atoms with van der Waals surface area (Å²) in [4.78, 5) is 39.1. The molecule has 0 rings (SSSR count). The normalized spacial score (nSPS) is 12.6. The topological polar surface area (TPSA) is 159 Å². The molecule has 0 radical (unpaired) electrons. The molecule has 0 aromatic heterocycles. The van der Waals surface area contributed by atoms with E-state index in [1.165, 1.54) is 0 Å². The maximum absolute atomic E-state index is 11.6. The van der Waals surface area contributed by atoms with Crippen LogP contribution in [0.1, 0.15) is 40.5 Å². The number of hydrogen-bond acceptors (Lipinski definition) is 9. The van der Waals surface area contributed by atoms with E-state index >= 15 is 0 Å². The zero-order chi connectivity index (χ0) is 18.5. The number of phosphoric ester groups is 1. The molecule has 0 bridgehead atoms. The zero-order valence-corrected chi connectivity index (χ0v) is 15.5. The quantitative estimate of drug-likeness (QED) is 0.434. The number of nitrogens with zero attached hydrogens (tertiary/aromatic N) is 3. The third kappa shape index (κ3) is 16.2. The number of hydrogen-bond donors (Lipinski definition) is 1. The van der Waals surface area contributed by atoms with Crippen LogP contribution < -0.4 is 14.7 Å². The van der Waals surface area contributed by atoms with Gasteiger partial charge in [-0.2, -0.15) is 10.5 Å². The average Bonchev–Trinajstić information content (AvgIpc) is 2.37. The molecule has 0 saturated heterocycles. The van der Waals surface area contributed by atoms with Crippen LogP contribution in [-0.2, 0) is 9.05 Å². The molecule has 0 aromatic rings. The number of rotatable bonds is 9. The SMILES string of the molecule is CC(C)N(C(C)C)P([O-])OCCC#N.N#CCCO[P+]([O-])([O-])O. The molecular weight excluding hydrogens is 344 g/mol. The molecule has 9 nitrogen and oxygen atoms in total. The summed E-state index contributed by atoms with van der Waals surface area (Å²) in [5.41, 5.74) is 0. The summed E-state index contributed by atoms with van der Waals surface area (Å²) in [6, 6.07) is 3.95. The van der Waals surface area contributed by atoms with Crippen LogP contribution >= 0.6 is 16.7 Å². The Hall–Kier alpha value is -0.440. The van der Waals surface area contributed by atoms with Crippen molar-refractivity contribution in [2.45, 2.75) is 52.6 Å². The Kier molecular flexibility index (Phi) is 15.0. The summed E-state index contributed by atoms with van der Waals surface area (Å²) < 4.78 is 10.7. The monoisotopic (exact) mass is 367 g/mol. The number of phosphoric acid groups is 1. The van der Waals surface area contributed by atoms with Gasteiger partial charge in [-0.05, 0) is 27.7 Å². The fourth-order valence-electron chi connectivity index (χ4n) is 1.42. The van der Waals surface area contributed by atoms with Gasteiger partial charge in [-0.3, -0.25) is 4.67 Å². The predicted molar refractivity (Wildman–Crippen MR) is 80.5 cm³/mol. The fraction of sp³-hybridized carbons (Fsp3) is 0.833. The molecule has 1 N–H and O–H groups in total. The molecule has 23 heavy (non-hydrogen) atoms. The van der Waals surface area contributed by atoms with Gasteiger partial charge in [0, 0.05) is 20.6 Å². The summed E-state index contributed by atoms with van der Waals surface area (Å²) in [5, 5.41) is 16.2. The summed E-state index contributed by atoms with van der Waals surface area (Å²) in [6.45, 7) is 7.85. The summed E-state index contributed by atoms with van der Waals surface area (Å²) in [5.74, 6) is 0. The molecule has 0 heterocycles. The smallest absolute Gasteiger partial charge is 0.193 e. The van der Waals surface area contributed by atoms with Crippen LogP contribution in [0.3, 0.4) is 0 Å². The fourth-order valence-corrected chi connectivity index (χ4v) is 2.87. The van der Waals surface area contributed by atoms with Gasteiger partial charge in [0.15, 0.2) is 8.17 Å². The van der Waals surface area contributed by atoms with E-state index in [2.05, 4.69) is 4.52 Å². The van der Waals surface area contributed by atoms with Crippen LogP contribution in [0.5, 0.6) is 0 Å². The van der Waals surface area contributed by atoms with Crippen molar-refractivity contribution in [3.63, 3.8) is 0 Å². The summed E-state index contributed by atoms with van der Waals surface area (Å²) in [6.07, 6.45) is 0.234. The Morgan fingerprint density at radius 1 is 1.09 bits per heavy atom. The van der Waals surface area contributed by atoms with Gasteiger partial charge in [0.05, 0.1) is 31.6 Å². The molecule has 0 spiro atoms. The highest BCUT2D eigenvalue weighted by molar-refractivity contribution is 7.50. The first kappa shape index (κ1) is 24.8. The molecular formula is C12H23N3O6P2-2. The lowest BCUT2D eigenvalue weighted by molar-refractivity contribution is -0.361. The Balaban J connectivity index is 0. The van der Waals surface area contributed by atoms with Gasteiger partial charge < -0.3 is 19.2 Å². The molecule has 134 valence electrons. The van der Waals surface area contributed by atoms with Crippen LogP contribution in [0.15, 0.2) is 0 Å². The van der Waals surface area contributed by atoms with Crippen LogP contribution in [0, 0.1) is 22.7 Å². The van der Waals surface area contributed by atoms with Gasteiger partial charge in [0.2, 0.25) is 0 Å². The minimum atomic E-state index is -4.60. The lowest BCUT2D eigenvalue weighted by Crippen LogP contribution is -2.36. The zero-order valence-electron chi connectivity index (χ0n) is 13.7. The van der Waals surface area contributed by atoms with E-state index in [1.54, 1.807) is 10.7 Å². The standard InChI is InChI=1S/C9H18N2O2P.C3H6NO4P/c1-8(2)11(9(3)4)14(12)13-7-5-6-10;4-2-1-3-8-9(5,6)7/h8-9H,5,7H2,1-4H3;1,3H2,(H2,5,6,7)/q-1;/p-1. The van der Waals surface area contributed by atoms with E-state index in [0.717, 1.165) is 0 Å². The van der Waals surface area contributed by atoms with Crippen LogP contribution in [-0.4, -0.2) is 34.9 Å². The average molecular weight is 367 g/mol. The molecule has 0 aliphatic rings. The molecule has 0 amide bonds. The first-order chi connectivity index (χ1) is 10.6. The molecule has 1 atom stereocenters. The van der Waals surface area contributed by atoms with Gasteiger partial charge in [-0.15, -0.1) is 0 Å². The van der Waals surface area contributed by atoms with Gasteiger partial charge in [0.1, 0.15) is 6.61 Å². The van der Waals surface area contributed by atoms with Crippen molar-refractivity contribution in [2.75, 3.05) is 13.2 Å². The van der Waals surface area contributed by atoms with Crippen LogP contribution in [0.2, 0.25) is 0 Å². The Morgan fingerprint density at radius 2 is 1.52 bits per heavy atom. The third-order valence-corrected chi connectivity index (χ3v) is 4.34. The van der Waals surface area contributed by atoms with E-state index in [4.69, 9.17) is 19.9 Å². The molecule has 0 fully saturated rings. The minimum absolute atomic E-state index is 0.0488. The number of nitriles is 2. The second kappa shape index (κ2) is 13.9. The molecule has 1 unspecified atom stereocenters. The lowest BCUT2D eigenvalue weighted by Gasteiger charge is -2.41. The van der Waals surface area contributed by atoms with Crippen LogP contribution in [0.25, 0.3) is 0 Å². The first-order valence-corrected chi connectivity index (χ1v) is 9.50.